The van der Waals surface area contributed by atoms with Gasteiger partial charge in [-0.2, -0.15) is 11.8 Å². The summed E-state index contributed by atoms with van der Waals surface area (Å²) in [5.74, 6) is 2.19. The minimum absolute atomic E-state index is 0. The molecule has 2 unspecified atom stereocenters. The number of aliphatic imine (C=N–C) groups is 1. The van der Waals surface area contributed by atoms with Crippen molar-refractivity contribution in [1.82, 2.24) is 10.6 Å². The Hall–Kier alpha value is 0.270. The molecule has 1 aliphatic carbocycles. The van der Waals surface area contributed by atoms with Crippen LogP contribution in [0.15, 0.2) is 4.99 Å². The topological polar surface area (TPSA) is 54.9 Å². The minimum Gasteiger partial charge on any atom is -0.381 e. The van der Waals surface area contributed by atoms with Crippen molar-refractivity contribution >= 4 is 41.7 Å². The largest absolute Gasteiger partial charge is 0.381 e. The van der Waals surface area contributed by atoms with Crippen LogP contribution in [0.25, 0.3) is 0 Å². The second-order valence-corrected chi connectivity index (χ2v) is 8.46. The number of ether oxygens (including phenoxy) is 2. The number of rotatable bonds is 9. The SMILES string of the molecule is CCNC(=NCCCOC1CCOCC1)NC1CCCC(SCC)C1.I. The van der Waals surface area contributed by atoms with Crippen LogP contribution in [0.4, 0.5) is 0 Å². The molecular weight excluding hydrogens is 461 g/mol. The van der Waals surface area contributed by atoms with Crippen LogP contribution in [0.5, 0.6) is 0 Å². The summed E-state index contributed by atoms with van der Waals surface area (Å²) in [5, 5.41) is 7.86. The smallest absolute Gasteiger partial charge is 0.191 e. The van der Waals surface area contributed by atoms with Gasteiger partial charge in [-0.05, 0) is 51.2 Å². The molecule has 2 atom stereocenters. The van der Waals surface area contributed by atoms with E-state index in [-0.39, 0.29) is 24.0 Å². The van der Waals surface area contributed by atoms with Gasteiger partial charge < -0.3 is 20.1 Å². The molecular formula is C19H38IN3O2S. The van der Waals surface area contributed by atoms with Gasteiger partial charge in [-0.15, -0.1) is 24.0 Å². The number of thioether (sulfide) groups is 1. The molecule has 1 aliphatic heterocycles. The van der Waals surface area contributed by atoms with Crippen molar-refractivity contribution in [3.05, 3.63) is 0 Å². The molecule has 0 radical (unpaired) electrons. The second-order valence-electron chi connectivity index (χ2n) is 6.88. The predicted molar refractivity (Wildman–Crippen MR) is 123 cm³/mol. The zero-order chi connectivity index (χ0) is 17.7. The molecule has 5 nitrogen and oxygen atoms in total. The average Bonchev–Trinajstić information content (AvgIpc) is 2.63. The molecule has 0 aromatic rings. The van der Waals surface area contributed by atoms with Gasteiger partial charge in [0.2, 0.25) is 0 Å². The summed E-state index contributed by atoms with van der Waals surface area (Å²) >= 11 is 2.11. The first-order valence-electron chi connectivity index (χ1n) is 10.2. The Labute approximate surface area is 181 Å². The minimum atomic E-state index is 0. The van der Waals surface area contributed by atoms with E-state index in [4.69, 9.17) is 14.5 Å². The van der Waals surface area contributed by atoms with Crippen LogP contribution in [0.1, 0.15) is 58.8 Å². The Bertz CT molecular complexity index is 380. The van der Waals surface area contributed by atoms with Crippen LogP contribution in [0, 0.1) is 0 Å². The lowest BCUT2D eigenvalue weighted by Gasteiger charge is -2.30. The van der Waals surface area contributed by atoms with Crippen molar-refractivity contribution in [2.75, 3.05) is 38.7 Å². The fourth-order valence-electron chi connectivity index (χ4n) is 3.52. The first-order valence-corrected chi connectivity index (χ1v) is 11.2. The molecule has 2 rings (SSSR count). The lowest BCUT2D eigenvalue weighted by Crippen LogP contribution is -2.45. The summed E-state index contributed by atoms with van der Waals surface area (Å²) in [4.78, 5) is 4.74. The van der Waals surface area contributed by atoms with E-state index in [1.54, 1.807) is 0 Å². The van der Waals surface area contributed by atoms with E-state index in [0.29, 0.717) is 12.1 Å². The maximum Gasteiger partial charge on any atom is 0.191 e. The molecule has 1 heterocycles. The van der Waals surface area contributed by atoms with Gasteiger partial charge >= 0.3 is 0 Å². The Morgan fingerprint density at radius 3 is 2.73 bits per heavy atom. The van der Waals surface area contributed by atoms with Crippen molar-refractivity contribution in [3.63, 3.8) is 0 Å². The summed E-state index contributed by atoms with van der Waals surface area (Å²) < 4.78 is 11.3. The summed E-state index contributed by atoms with van der Waals surface area (Å²) in [6.45, 7) is 8.60. The van der Waals surface area contributed by atoms with Crippen LogP contribution in [-0.2, 0) is 9.47 Å². The number of nitrogens with one attached hydrogen (secondary N) is 2. The Morgan fingerprint density at radius 1 is 1.19 bits per heavy atom. The molecule has 26 heavy (non-hydrogen) atoms. The van der Waals surface area contributed by atoms with E-state index in [2.05, 4.69) is 36.2 Å². The van der Waals surface area contributed by atoms with Crippen LogP contribution < -0.4 is 10.6 Å². The summed E-state index contributed by atoms with van der Waals surface area (Å²) in [6.07, 6.45) is 8.65. The van der Waals surface area contributed by atoms with Gasteiger partial charge in [-0.25, -0.2) is 0 Å². The molecule has 0 spiro atoms. The third-order valence-corrected chi connectivity index (χ3v) is 6.04. The van der Waals surface area contributed by atoms with Gasteiger partial charge in [-0.1, -0.05) is 13.3 Å². The van der Waals surface area contributed by atoms with Crippen molar-refractivity contribution in [2.24, 2.45) is 4.99 Å². The molecule has 1 saturated carbocycles. The van der Waals surface area contributed by atoms with Crippen molar-refractivity contribution < 1.29 is 9.47 Å². The highest BCUT2D eigenvalue weighted by Crippen LogP contribution is 2.28. The van der Waals surface area contributed by atoms with E-state index in [1.807, 2.05) is 0 Å². The van der Waals surface area contributed by atoms with Crippen LogP contribution >= 0.6 is 35.7 Å². The number of nitrogens with zero attached hydrogens (tertiary/aromatic N) is 1. The van der Waals surface area contributed by atoms with E-state index in [0.717, 1.165) is 63.4 Å². The molecule has 2 N–H and O–H groups in total. The summed E-state index contributed by atoms with van der Waals surface area (Å²) in [7, 11) is 0. The van der Waals surface area contributed by atoms with Gasteiger partial charge in [0.15, 0.2) is 5.96 Å². The molecule has 2 aliphatic rings. The standard InChI is InChI=1S/C19H37N3O2S.HI/c1-3-20-19(22-16-7-5-8-18(15-16)25-4-2)21-11-6-12-24-17-9-13-23-14-10-17;/h16-18H,3-15H2,1-2H3,(H2,20,21,22);1H. The van der Waals surface area contributed by atoms with Gasteiger partial charge in [0.1, 0.15) is 0 Å². The zero-order valence-corrected chi connectivity index (χ0v) is 19.7. The summed E-state index contributed by atoms with van der Waals surface area (Å²) in [6, 6.07) is 0.564. The number of halogens is 1. The van der Waals surface area contributed by atoms with Crippen LogP contribution in [0.3, 0.4) is 0 Å². The molecule has 0 aromatic heterocycles. The second kappa shape index (κ2) is 15.2. The van der Waals surface area contributed by atoms with Crippen molar-refractivity contribution in [1.29, 1.82) is 0 Å². The molecule has 2 fully saturated rings. The zero-order valence-electron chi connectivity index (χ0n) is 16.5. The maximum absolute atomic E-state index is 5.92. The summed E-state index contributed by atoms with van der Waals surface area (Å²) in [5.41, 5.74) is 0. The van der Waals surface area contributed by atoms with Gasteiger partial charge in [0.25, 0.3) is 0 Å². The molecule has 0 aromatic carbocycles. The molecule has 7 heteroatoms. The van der Waals surface area contributed by atoms with Gasteiger partial charge in [0.05, 0.1) is 6.10 Å². The Kier molecular flexibility index (Phi) is 14.2. The van der Waals surface area contributed by atoms with Gasteiger partial charge in [0, 0.05) is 44.2 Å². The highest BCUT2D eigenvalue weighted by Gasteiger charge is 2.22. The first kappa shape index (κ1) is 24.3. The normalized spacial score (nSPS) is 24.8. The fourth-order valence-corrected chi connectivity index (χ4v) is 4.70. The average molecular weight is 500 g/mol. The van der Waals surface area contributed by atoms with Crippen LogP contribution in [-0.4, -0.2) is 62.0 Å². The van der Waals surface area contributed by atoms with E-state index in [1.165, 1.54) is 31.4 Å². The van der Waals surface area contributed by atoms with Crippen LogP contribution in [0.2, 0.25) is 0 Å². The number of hydrogen-bond donors (Lipinski definition) is 2. The highest BCUT2D eigenvalue weighted by molar-refractivity contribution is 14.0. The Balaban J connectivity index is 0.00000338. The predicted octanol–water partition coefficient (Wildman–Crippen LogP) is 3.81. The van der Waals surface area contributed by atoms with Gasteiger partial charge in [-0.3, -0.25) is 4.99 Å². The quantitative estimate of drug-likeness (QED) is 0.219. The third kappa shape index (κ3) is 9.99. The highest BCUT2D eigenvalue weighted by atomic mass is 127. The lowest BCUT2D eigenvalue weighted by molar-refractivity contribution is -0.0318. The van der Waals surface area contributed by atoms with Crippen molar-refractivity contribution in [3.8, 4) is 0 Å². The third-order valence-electron chi connectivity index (χ3n) is 4.81. The fraction of sp³-hybridized carbons (Fsp3) is 0.947. The maximum atomic E-state index is 5.92. The van der Waals surface area contributed by atoms with Crippen molar-refractivity contribution in [2.45, 2.75) is 76.2 Å². The molecule has 0 amide bonds. The molecule has 0 bridgehead atoms. The number of guanidine groups is 1. The first-order chi connectivity index (χ1) is 12.3. The Morgan fingerprint density at radius 2 is 2.00 bits per heavy atom. The lowest BCUT2D eigenvalue weighted by atomic mass is 9.95. The number of hydrogen-bond acceptors (Lipinski definition) is 4. The van der Waals surface area contributed by atoms with E-state index < -0.39 is 0 Å². The molecule has 154 valence electrons. The van der Waals surface area contributed by atoms with E-state index >= 15 is 0 Å². The monoisotopic (exact) mass is 499 g/mol. The van der Waals surface area contributed by atoms with E-state index in [9.17, 15) is 0 Å². The molecule has 1 saturated heterocycles.